The van der Waals surface area contributed by atoms with E-state index in [1.807, 2.05) is 11.8 Å². The Bertz CT molecular complexity index is 513. The molecule has 1 saturated heterocycles. The zero-order valence-electron chi connectivity index (χ0n) is 12.1. The maximum Gasteiger partial charge on any atom is 0.321 e. The fraction of sp³-hybridized carbons (Fsp3) is 0.467. The van der Waals surface area contributed by atoms with Gasteiger partial charge >= 0.3 is 6.03 Å². The number of urea groups is 1. The highest BCUT2D eigenvalue weighted by molar-refractivity contribution is 6.30. The second-order valence-electron chi connectivity index (χ2n) is 5.06. The van der Waals surface area contributed by atoms with Crippen LogP contribution in [0, 0.1) is 0 Å². The van der Waals surface area contributed by atoms with Crippen molar-refractivity contribution < 1.29 is 9.59 Å². The van der Waals surface area contributed by atoms with Gasteiger partial charge in [0.2, 0.25) is 5.91 Å². The SMILES string of the molecule is CCCC(=O)N1CCN(C(=O)Nc2cccc(Cl)c2)CC1. The van der Waals surface area contributed by atoms with Crippen molar-refractivity contribution in [2.75, 3.05) is 31.5 Å². The Labute approximate surface area is 129 Å². The first-order chi connectivity index (χ1) is 10.1. The van der Waals surface area contributed by atoms with Crippen LogP contribution in [0.4, 0.5) is 10.5 Å². The standard InChI is InChI=1S/C15H20ClN3O2/c1-2-4-14(20)18-7-9-19(10-8-18)15(21)17-13-6-3-5-12(16)11-13/h3,5-6,11H,2,4,7-10H2,1H3,(H,17,21). The van der Waals surface area contributed by atoms with E-state index in [9.17, 15) is 9.59 Å². The molecule has 0 aromatic heterocycles. The number of piperazine rings is 1. The van der Waals surface area contributed by atoms with Crippen LogP contribution in [0.2, 0.25) is 5.02 Å². The normalized spacial score (nSPS) is 15.0. The van der Waals surface area contributed by atoms with Gasteiger partial charge in [0.25, 0.3) is 0 Å². The third kappa shape index (κ3) is 4.36. The highest BCUT2D eigenvalue weighted by Gasteiger charge is 2.23. The molecule has 0 atom stereocenters. The molecule has 0 spiro atoms. The minimum Gasteiger partial charge on any atom is -0.339 e. The number of hydrogen-bond donors (Lipinski definition) is 1. The number of halogens is 1. The zero-order valence-corrected chi connectivity index (χ0v) is 12.9. The molecule has 0 saturated carbocycles. The largest absolute Gasteiger partial charge is 0.339 e. The molecule has 3 amide bonds. The third-order valence-corrected chi connectivity index (χ3v) is 3.69. The van der Waals surface area contributed by atoms with Crippen molar-refractivity contribution in [2.24, 2.45) is 0 Å². The number of anilines is 1. The van der Waals surface area contributed by atoms with Crippen LogP contribution in [-0.2, 0) is 4.79 Å². The van der Waals surface area contributed by atoms with Crippen LogP contribution in [0.3, 0.4) is 0 Å². The van der Waals surface area contributed by atoms with Gasteiger partial charge in [0, 0.05) is 43.3 Å². The fourth-order valence-electron chi connectivity index (χ4n) is 2.30. The quantitative estimate of drug-likeness (QED) is 0.933. The van der Waals surface area contributed by atoms with Crippen LogP contribution < -0.4 is 5.32 Å². The van der Waals surface area contributed by atoms with Gasteiger partial charge in [0.15, 0.2) is 0 Å². The van der Waals surface area contributed by atoms with E-state index < -0.39 is 0 Å². The first kappa shape index (κ1) is 15.6. The van der Waals surface area contributed by atoms with E-state index in [0.29, 0.717) is 43.3 Å². The van der Waals surface area contributed by atoms with Crippen molar-refractivity contribution in [3.8, 4) is 0 Å². The molecule has 1 fully saturated rings. The number of amides is 3. The zero-order chi connectivity index (χ0) is 15.2. The molecule has 1 heterocycles. The number of benzene rings is 1. The molecule has 1 N–H and O–H groups in total. The first-order valence-electron chi connectivity index (χ1n) is 7.19. The Balaban J connectivity index is 1.84. The van der Waals surface area contributed by atoms with Gasteiger partial charge in [-0.05, 0) is 24.6 Å². The van der Waals surface area contributed by atoms with E-state index >= 15 is 0 Å². The topological polar surface area (TPSA) is 52.7 Å². The minimum atomic E-state index is -0.153. The van der Waals surface area contributed by atoms with E-state index in [2.05, 4.69) is 5.32 Å². The van der Waals surface area contributed by atoms with Gasteiger partial charge in [0.1, 0.15) is 0 Å². The lowest BCUT2D eigenvalue weighted by atomic mass is 10.2. The maximum atomic E-state index is 12.1. The molecule has 2 rings (SSSR count). The second kappa shape index (κ2) is 7.31. The molecule has 1 aromatic carbocycles. The van der Waals surface area contributed by atoms with E-state index in [1.54, 1.807) is 29.2 Å². The molecule has 0 unspecified atom stereocenters. The summed E-state index contributed by atoms with van der Waals surface area (Å²) in [4.78, 5) is 27.5. The summed E-state index contributed by atoms with van der Waals surface area (Å²) in [6.07, 6.45) is 1.43. The van der Waals surface area contributed by atoms with E-state index in [0.717, 1.165) is 6.42 Å². The predicted molar refractivity (Wildman–Crippen MR) is 83.5 cm³/mol. The maximum absolute atomic E-state index is 12.1. The summed E-state index contributed by atoms with van der Waals surface area (Å²) >= 11 is 5.89. The van der Waals surface area contributed by atoms with Crippen LogP contribution in [0.15, 0.2) is 24.3 Å². The highest BCUT2D eigenvalue weighted by atomic mass is 35.5. The molecule has 1 aliphatic heterocycles. The Kier molecular flexibility index (Phi) is 5.44. The van der Waals surface area contributed by atoms with Gasteiger partial charge in [-0.1, -0.05) is 24.6 Å². The third-order valence-electron chi connectivity index (χ3n) is 3.46. The first-order valence-corrected chi connectivity index (χ1v) is 7.57. The molecule has 0 radical (unpaired) electrons. The van der Waals surface area contributed by atoms with Crippen molar-refractivity contribution in [1.82, 2.24) is 9.80 Å². The average molecular weight is 310 g/mol. The molecular weight excluding hydrogens is 290 g/mol. The Morgan fingerprint density at radius 3 is 2.48 bits per heavy atom. The van der Waals surface area contributed by atoms with Crippen LogP contribution >= 0.6 is 11.6 Å². The van der Waals surface area contributed by atoms with Crippen molar-refractivity contribution in [3.63, 3.8) is 0 Å². The number of nitrogens with one attached hydrogen (secondary N) is 1. The van der Waals surface area contributed by atoms with Gasteiger partial charge in [-0.25, -0.2) is 4.79 Å². The molecular formula is C15H20ClN3O2. The Hall–Kier alpha value is -1.75. The van der Waals surface area contributed by atoms with E-state index in [4.69, 9.17) is 11.6 Å². The van der Waals surface area contributed by atoms with Gasteiger partial charge in [0.05, 0.1) is 0 Å². The highest BCUT2D eigenvalue weighted by Crippen LogP contribution is 2.16. The van der Waals surface area contributed by atoms with Gasteiger partial charge in [-0.15, -0.1) is 0 Å². The summed E-state index contributed by atoms with van der Waals surface area (Å²) in [5, 5.41) is 3.41. The van der Waals surface area contributed by atoms with Crippen LogP contribution in [0.1, 0.15) is 19.8 Å². The van der Waals surface area contributed by atoms with Gasteiger partial charge in [-0.2, -0.15) is 0 Å². The summed E-state index contributed by atoms with van der Waals surface area (Å²) in [6.45, 7) is 4.31. The average Bonchev–Trinajstić information content (AvgIpc) is 2.47. The molecule has 6 heteroatoms. The monoisotopic (exact) mass is 309 g/mol. The minimum absolute atomic E-state index is 0.153. The summed E-state index contributed by atoms with van der Waals surface area (Å²) in [7, 11) is 0. The van der Waals surface area contributed by atoms with E-state index in [1.165, 1.54) is 0 Å². The molecule has 1 aliphatic rings. The fourth-order valence-corrected chi connectivity index (χ4v) is 2.49. The number of carbonyl (C=O) groups excluding carboxylic acids is 2. The molecule has 0 aliphatic carbocycles. The summed E-state index contributed by atoms with van der Waals surface area (Å²) in [5.41, 5.74) is 0.678. The lowest BCUT2D eigenvalue weighted by Gasteiger charge is -2.34. The van der Waals surface area contributed by atoms with Crippen molar-refractivity contribution in [1.29, 1.82) is 0 Å². The van der Waals surface area contributed by atoms with Crippen LogP contribution in [0.25, 0.3) is 0 Å². The number of carbonyl (C=O) groups is 2. The summed E-state index contributed by atoms with van der Waals surface area (Å²) in [5.74, 6) is 0.174. The molecule has 21 heavy (non-hydrogen) atoms. The summed E-state index contributed by atoms with van der Waals surface area (Å²) in [6, 6.07) is 6.90. The molecule has 5 nitrogen and oxygen atoms in total. The predicted octanol–water partition coefficient (Wildman–Crippen LogP) is 2.82. The van der Waals surface area contributed by atoms with Crippen molar-refractivity contribution in [3.05, 3.63) is 29.3 Å². The van der Waals surface area contributed by atoms with Gasteiger partial charge in [-0.3, -0.25) is 4.79 Å². The van der Waals surface area contributed by atoms with E-state index in [-0.39, 0.29) is 11.9 Å². The number of nitrogens with zero attached hydrogens (tertiary/aromatic N) is 2. The molecule has 1 aromatic rings. The number of rotatable bonds is 3. The summed E-state index contributed by atoms with van der Waals surface area (Å²) < 4.78 is 0. The van der Waals surface area contributed by atoms with Gasteiger partial charge < -0.3 is 15.1 Å². The van der Waals surface area contributed by atoms with Crippen LogP contribution in [0.5, 0.6) is 0 Å². The van der Waals surface area contributed by atoms with Crippen LogP contribution in [-0.4, -0.2) is 47.9 Å². The number of hydrogen-bond acceptors (Lipinski definition) is 2. The van der Waals surface area contributed by atoms with Crippen molar-refractivity contribution >= 4 is 29.2 Å². The lowest BCUT2D eigenvalue weighted by Crippen LogP contribution is -2.51. The lowest BCUT2D eigenvalue weighted by molar-refractivity contribution is -0.132. The smallest absolute Gasteiger partial charge is 0.321 e. The van der Waals surface area contributed by atoms with Crippen molar-refractivity contribution in [2.45, 2.75) is 19.8 Å². The molecule has 114 valence electrons. The Morgan fingerprint density at radius 2 is 1.86 bits per heavy atom. The Morgan fingerprint density at radius 1 is 1.19 bits per heavy atom. The molecule has 0 bridgehead atoms. The second-order valence-corrected chi connectivity index (χ2v) is 5.49.